The molecule has 2 nitrogen and oxygen atoms in total. The van der Waals surface area contributed by atoms with Crippen LogP contribution >= 0.6 is 0 Å². The number of rotatable bonds is 3. The van der Waals surface area contributed by atoms with Gasteiger partial charge in [0, 0.05) is 13.1 Å². The van der Waals surface area contributed by atoms with Gasteiger partial charge >= 0.3 is 0 Å². The molecule has 0 unspecified atom stereocenters. The average Bonchev–Trinajstić information content (AvgIpc) is 2.49. The highest BCUT2D eigenvalue weighted by Crippen LogP contribution is 2.19. The molecule has 4 heteroatoms. The molecule has 0 radical (unpaired) electrons. The maximum absolute atomic E-state index is 13.6. The Balaban J connectivity index is 1.73. The summed E-state index contributed by atoms with van der Waals surface area (Å²) in [5.74, 6) is -1.64. The molecule has 0 saturated carbocycles. The fourth-order valence-electron chi connectivity index (χ4n) is 2.69. The molecule has 0 bridgehead atoms. The first-order valence-electron chi connectivity index (χ1n) is 6.91. The Labute approximate surface area is 122 Å². The molecule has 0 amide bonds. The summed E-state index contributed by atoms with van der Waals surface area (Å²) >= 11 is 0. The Morgan fingerprint density at radius 2 is 1.86 bits per heavy atom. The number of benzene rings is 2. The van der Waals surface area contributed by atoms with E-state index in [2.05, 4.69) is 6.07 Å². The number of hydrogen-bond donors (Lipinski definition) is 0. The lowest BCUT2D eigenvalue weighted by Crippen LogP contribution is -2.35. The molecule has 1 aliphatic heterocycles. The van der Waals surface area contributed by atoms with Crippen molar-refractivity contribution in [3.05, 3.63) is 70.8 Å². The van der Waals surface area contributed by atoms with Gasteiger partial charge in [-0.25, -0.2) is 8.78 Å². The monoisotopic (exact) mass is 287 g/mol. The Morgan fingerprint density at radius 1 is 1.10 bits per heavy atom. The van der Waals surface area contributed by atoms with Gasteiger partial charge in [0.25, 0.3) is 0 Å². The van der Waals surface area contributed by atoms with E-state index < -0.39 is 11.6 Å². The SMILES string of the molecule is O=C(CN1CCc2ccccc2C1)c1cc(F)ccc1F. The Hall–Kier alpha value is -2.07. The molecule has 0 aromatic heterocycles. The molecule has 2 aromatic carbocycles. The van der Waals surface area contributed by atoms with Crippen LogP contribution in [0.15, 0.2) is 42.5 Å². The third-order valence-corrected chi connectivity index (χ3v) is 3.81. The van der Waals surface area contributed by atoms with Crippen molar-refractivity contribution in [2.75, 3.05) is 13.1 Å². The van der Waals surface area contributed by atoms with E-state index in [0.717, 1.165) is 31.2 Å². The number of nitrogens with zero attached hydrogens (tertiary/aromatic N) is 1. The molecule has 0 fully saturated rings. The molecular formula is C17H15F2NO. The van der Waals surface area contributed by atoms with Gasteiger partial charge in [-0.1, -0.05) is 24.3 Å². The molecule has 108 valence electrons. The lowest BCUT2D eigenvalue weighted by atomic mass is 9.99. The molecule has 2 aromatic rings. The number of fused-ring (bicyclic) bond motifs is 1. The molecule has 21 heavy (non-hydrogen) atoms. The summed E-state index contributed by atoms with van der Waals surface area (Å²) in [4.78, 5) is 14.1. The number of carbonyl (C=O) groups is 1. The maximum atomic E-state index is 13.6. The number of ketones is 1. The van der Waals surface area contributed by atoms with Gasteiger partial charge in [0.2, 0.25) is 0 Å². The zero-order chi connectivity index (χ0) is 14.8. The van der Waals surface area contributed by atoms with E-state index in [9.17, 15) is 13.6 Å². The maximum Gasteiger partial charge on any atom is 0.179 e. The largest absolute Gasteiger partial charge is 0.293 e. The first-order valence-corrected chi connectivity index (χ1v) is 6.91. The zero-order valence-electron chi connectivity index (χ0n) is 11.5. The summed E-state index contributed by atoms with van der Waals surface area (Å²) < 4.78 is 26.8. The van der Waals surface area contributed by atoms with E-state index in [1.807, 2.05) is 23.1 Å². The van der Waals surface area contributed by atoms with Crippen molar-refractivity contribution in [1.82, 2.24) is 4.90 Å². The number of carbonyl (C=O) groups excluding carboxylic acids is 1. The van der Waals surface area contributed by atoms with Crippen LogP contribution in [0.4, 0.5) is 8.78 Å². The molecule has 0 saturated heterocycles. The van der Waals surface area contributed by atoms with E-state index in [-0.39, 0.29) is 17.9 Å². The molecule has 1 heterocycles. The molecular weight excluding hydrogens is 272 g/mol. The molecule has 1 aliphatic rings. The van der Waals surface area contributed by atoms with Crippen LogP contribution in [0.5, 0.6) is 0 Å². The first-order chi connectivity index (χ1) is 10.1. The van der Waals surface area contributed by atoms with Crippen LogP contribution in [0.1, 0.15) is 21.5 Å². The van der Waals surface area contributed by atoms with E-state index in [4.69, 9.17) is 0 Å². The molecule has 0 atom stereocenters. The predicted molar refractivity (Wildman–Crippen MR) is 76.1 cm³/mol. The van der Waals surface area contributed by atoms with Crippen molar-refractivity contribution in [1.29, 1.82) is 0 Å². The highest BCUT2D eigenvalue weighted by atomic mass is 19.1. The van der Waals surface area contributed by atoms with Crippen molar-refractivity contribution in [3.63, 3.8) is 0 Å². The Morgan fingerprint density at radius 3 is 2.67 bits per heavy atom. The number of Topliss-reactive ketones (excluding diaryl/α,β-unsaturated/α-hetero) is 1. The second-order valence-electron chi connectivity index (χ2n) is 5.28. The van der Waals surface area contributed by atoms with Gasteiger partial charge in [-0.15, -0.1) is 0 Å². The smallest absolute Gasteiger partial charge is 0.179 e. The summed E-state index contributed by atoms with van der Waals surface area (Å²) in [6.45, 7) is 1.52. The zero-order valence-corrected chi connectivity index (χ0v) is 11.5. The van der Waals surface area contributed by atoms with E-state index >= 15 is 0 Å². The van der Waals surface area contributed by atoms with Crippen LogP contribution in [0.2, 0.25) is 0 Å². The van der Waals surface area contributed by atoms with Crippen LogP contribution in [0.25, 0.3) is 0 Å². The number of halogens is 2. The van der Waals surface area contributed by atoms with Gasteiger partial charge in [0.05, 0.1) is 12.1 Å². The molecule has 0 N–H and O–H groups in total. The minimum Gasteiger partial charge on any atom is -0.293 e. The van der Waals surface area contributed by atoms with Gasteiger partial charge in [-0.3, -0.25) is 9.69 Å². The average molecular weight is 287 g/mol. The van der Waals surface area contributed by atoms with E-state index in [1.165, 1.54) is 11.1 Å². The summed E-state index contributed by atoms with van der Waals surface area (Å²) in [5.41, 5.74) is 2.31. The quantitative estimate of drug-likeness (QED) is 0.808. The van der Waals surface area contributed by atoms with Gasteiger partial charge in [0.15, 0.2) is 5.78 Å². The van der Waals surface area contributed by atoms with Crippen molar-refractivity contribution in [2.24, 2.45) is 0 Å². The van der Waals surface area contributed by atoms with Crippen molar-refractivity contribution in [2.45, 2.75) is 13.0 Å². The highest BCUT2D eigenvalue weighted by molar-refractivity contribution is 5.97. The second-order valence-corrected chi connectivity index (χ2v) is 5.28. The molecule has 0 spiro atoms. The normalized spacial score (nSPS) is 14.8. The van der Waals surface area contributed by atoms with Gasteiger partial charge in [0.1, 0.15) is 11.6 Å². The van der Waals surface area contributed by atoms with Crippen molar-refractivity contribution < 1.29 is 13.6 Å². The second kappa shape index (κ2) is 5.74. The predicted octanol–water partition coefficient (Wildman–Crippen LogP) is 3.21. The number of hydrogen-bond acceptors (Lipinski definition) is 2. The molecule has 0 aliphatic carbocycles. The third kappa shape index (κ3) is 3.00. The minimum atomic E-state index is -0.668. The highest BCUT2D eigenvalue weighted by Gasteiger charge is 2.20. The van der Waals surface area contributed by atoms with Crippen LogP contribution in [-0.2, 0) is 13.0 Å². The third-order valence-electron chi connectivity index (χ3n) is 3.81. The lowest BCUT2D eigenvalue weighted by Gasteiger charge is -2.28. The summed E-state index contributed by atoms with van der Waals surface area (Å²) in [6.07, 6.45) is 0.870. The van der Waals surface area contributed by atoms with Gasteiger partial charge < -0.3 is 0 Å². The van der Waals surface area contributed by atoms with Crippen LogP contribution in [0.3, 0.4) is 0 Å². The van der Waals surface area contributed by atoms with E-state index in [0.29, 0.717) is 6.54 Å². The standard InChI is InChI=1S/C17H15F2NO/c18-14-5-6-16(19)15(9-14)17(21)11-20-8-7-12-3-1-2-4-13(12)10-20/h1-6,9H,7-8,10-11H2. The Bertz CT molecular complexity index is 684. The minimum absolute atomic E-state index is 0.106. The topological polar surface area (TPSA) is 20.3 Å². The van der Waals surface area contributed by atoms with E-state index in [1.54, 1.807) is 0 Å². The van der Waals surface area contributed by atoms with Crippen LogP contribution in [-0.4, -0.2) is 23.8 Å². The van der Waals surface area contributed by atoms with Crippen molar-refractivity contribution >= 4 is 5.78 Å². The molecule has 3 rings (SSSR count). The van der Waals surface area contributed by atoms with Gasteiger partial charge in [-0.2, -0.15) is 0 Å². The van der Waals surface area contributed by atoms with Crippen molar-refractivity contribution in [3.8, 4) is 0 Å². The van der Waals surface area contributed by atoms with Crippen LogP contribution in [0, 0.1) is 11.6 Å². The van der Waals surface area contributed by atoms with Gasteiger partial charge in [-0.05, 0) is 35.7 Å². The Kier molecular flexibility index (Phi) is 3.80. The fraction of sp³-hybridized carbons (Fsp3) is 0.235. The fourth-order valence-corrected chi connectivity index (χ4v) is 2.69. The summed E-state index contributed by atoms with van der Waals surface area (Å²) in [5, 5.41) is 0. The summed E-state index contributed by atoms with van der Waals surface area (Å²) in [6, 6.07) is 11.1. The van der Waals surface area contributed by atoms with Crippen LogP contribution < -0.4 is 0 Å². The summed E-state index contributed by atoms with van der Waals surface area (Å²) in [7, 11) is 0. The first kappa shape index (κ1) is 13.9. The lowest BCUT2D eigenvalue weighted by molar-refractivity contribution is 0.0917.